The highest BCUT2D eigenvalue weighted by Crippen LogP contribution is 2.22. The number of carboxylic acids is 1. The Morgan fingerprint density at radius 1 is 1.47 bits per heavy atom. The maximum atomic E-state index is 11.9. The third kappa shape index (κ3) is 5.59. The van der Waals surface area contributed by atoms with Crippen LogP contribution >= 0.6 is 0 Å². The Bertz CT molecular complexity index is 307. The van der Waals surface area contributed by atoms with Crippen molar-refractivity contribution < 1.29 is 14.7 Å². The lowest BCUT2D eigenvalue weighted by Gasteiger charge is -2.23. The number of likely N-dealkylation sites (tertiary alicyclic amines) is 1. The predicted molar refractivity (Wildman–Crippen MR) is 73.9 cm³/mol. The summed E-state index contributed by atoms with van der Waals surface area (Å²) in [6.07, 6.45) is 4.04. The molecule has 1 heterocycles. The molecule has 2 unspecified atom stereocenters. The third-order valence-electron chi connectivity index (χ3n) is 3.84. The van der Waals surface area contributed by atoms with Gasteiger partial charge in [0.25, 0.3) is 0 Å². The molecule has 5 nitrogen and oxygen atoms in total. The van der Waals surface area contributed by atoms with Crippen LogP contribution in [0.25, 0.3) is 0 Å². The molecule has 1 fully saturated rings. The molecule has 1 saturated heterocycles. The van der Waals surface area contributed by atoms with Gasteiger partial charge in [0.2, 0.25) is 5.91 Å². The highest BCUT2D eigenvalue weighted by atomic mass is 16.4. The van der Waals surface area contributed by atoms with Crippen LogP contribution in [0.3, 0.4) is 0 Å². The molecular formula is C14H26N2O3. The molecule has 0 aromatic rings. The first-order valence-corrected chi connectivity index (χ1v) is 7.28. The van der Waals surface area contributed by atoms with Crippen LogP contribution in [0.1, 0.15) is 46.0 Å². The second-order valence-electron chi connectivity index (χ2n) is 5.40. The molecule has 0 aromatic carbocycles. The van der Waals surface area contributed by atoms with Gasteiger partial charge in [-0.3, -0.25) is 14.5 Å². The Kier molecular flexibility index (Phi) is 6.84. The number of nitrogens with zero attached hydrogens (tertiary/aromatic N) is 1. The van der Waals surface area contributed by atoms with Crippen molar-refractivity contribution >= 4 is 11.9 Å². The van der Waals surface area contributed by atoms with Crippen LogP contribution in [0.15, 0.2) is 0 Å². The number of amides is 1. The van der Waals surface area contributed by atoms with Crippen molar-refractivity contribution in [2.24, 2.45) is 5.92 Å². The number of rotatable bonds is 8. The maximum Gasteiger partial charge on any atom is 0.303 e. The van der Waals surface area contributed by atoms with Gasteiger partial charge in [-0.05, 0) is 38.6 Å². The smallest absolute Gasteiger partial charge is 0.303 e. The molecule has 0 saturated carbocycles. The fourth-order valence-corrected chi connectivity index (χ4v) is 2.48. The summed E-state index contributed by atoms with van der Waals surface area (Å²) >= 11 is 0. The number of aliphatic carboxylic acids is 1. The second kappa shape index (κ2) is 8.15. The number of carbonyl (C=O) groups is 2. The van der Waals surface area contributed by atoms with Crippen LogP contribution in [0.5, 0.6) is 0 Å². The van der Waals surface area contributed by atoms with E-state index >= 15 is 0 Å². The topological polar surface area (TPSA) is 69.6 Å². The number of nitrogens with one attached hydrogen (secondary N) is 1. The zero-order chi connectivity index (χ0) is 14.3. The highest BCUT2D eigenvalue weighted by molar-refractivity contribution is 5.81. The SMILES string of the molecule is CCCCNC(=O)C(C)N1CCC(CCC(=O)O)C1. The van der Waals surface area contributed by atoms with E-state index in [1.807, 2.05) is 6.92 Å². The second-order valence-corrected chi connectivity index (χ2v) is 5.40. The van der Waals surface area contributed by atoms with Crippen molar-refractivity contribution in [2.75, 3.05) is 19.6 Å². The standard InChI is InChI=1S/C14H26N2O3/c1-3-4-8-15-14(19)11(2)16-9-7-12(10-16)5-6-13(17)18/h11-12H,3-10H2,1-2H3,(H,15,19)(H,17,18). The lowest BCUT2D eigenvalue weighted by molar-refractivity contribution is -0.137. The minimum absolute atomic E-state index is 0.0901. The Morgan fingerprint density at radius 2 is 2.21 bits per heavy atom. The Hall–Kier alpha value is -1.10. The third-order valence-corrected chi connectivity index (χ3v) is 3.84. The Labute approximate surface area is 115 Å². The van der Waals surface area contributed by atoms with Crippen molar-refractivity contribution in [3.8, 4) is 0 Å². The van der Waals surface area contributed by atoms with Gasteiger partial charge in [-0.1, -0.05) is 13.3 Å². The van der Waals surface area contributed by atoms with Gasteiger partial charge < -0.3 is 10.4 Å². The van der Waals surface area contributed by atoms with Crippen molar-refractivity contribution in [3.63, 3.8) is 0 Å². The van der Waals surface area contributed by atoms with E-state index in [1.54, 1.807) is 0 Å². The van der Waals surface area contributed by atoms with Gasteiger partial charge in [-0.15, -0.1) is 0 Å². The number of carbonyl (C=O) groups excluding carboxylic acids is 1. The molecule has 1 aliphatic rings. The summed E-state index contributed by atoms with van der Waals surface area (Å²) in [7, 11) is 0. The largest absolute Gasteiger partial charge is 0.481 e. The van der Waals surface area contributed by atoms with Crippen LogP contribution in [0.4, 0.5) is 0 Å². The molecule has 5 heteroatoms. The summed E-state index contributed by atoms with van der Waals surface area (Å²) in [5, 5.41) is 11.6. The molecule has 0 radical (unpaired) electrons. The Balaban J connectivity index is 2.28. The highest BCUT2D eigenvalue weighted by Gasteiger charge is 2.29. The minimum Gasteiger partial charge on any atom is -0.481 e. The van der Waals surface area contributed by atoms with Gasteiger partial charge in [0.1, 0.15) is 0 Å². The average molecular weight is 270 g/mol. The minimum atomic E-state index is -0.733. The first kappa shape index (κ1) is 16.0. The van der Waals surface area contributed by atoms with E-state index in [2.05, 4.69) is 17.1 Å². The van der Waals surface area contributed by atoms with E-state index in [1.165, 1.54) is 0 Å². The van der Waals surface area contributed by atoms with E-state index in [0.717, 1.165) is 45.3 Å². The normalized spacial score (nSPS) is 21.3. The van der Waals surface area contributed by atoms with Crippen molar-refractivity contribution in [2.45, 2.75) is 52.0 Å². The fraction of sp³-hybridized carbons (Fsp3) is 0.857. The molecule has 2 N–H and O–H groups in total. The summed E-state index contributed by atoms with van der Waals surface area (Å²) in [4.78, 5) is 24.6. The van der Waals surface area contributed by atoms with Crippen LogP contribution in [0, 0.1) is 5.92 Å². The van der Waals surface area contributed by atoms with Crippen LogP contribution in [0.2, 0.25) is 0 Å². The first-order chi connectivity index (χ1) is 9.04. The monoisotopic (exact) mass is 270 g/mol. The molecular weight excluding hydrogens is 244 g/mol. The predicted octanol–water partition coefficient (Wildman–Crippen LogP) is 1.48. The van der Waals surface area contributed by atoms with Gasteiger partial charge in [0.05, 0.1) is 6.04 Å². The van der Waals surface area contributed by atoms with Gasteiger partial charge in [0, 0.05) is 19.5 Å². The lowest BCUT2D eigenvalue weighted by atomic mass is 10.0. The average Bonchev–Trinajstić information content (AvgIpc) is 2.84. The van der Waals surface area contributed by atoms with E-state index in [4.69, 9.17) is 5.11 Å². The number of hydrogen-bond acceptors (Lipinski definition) is 3. The summed E-state index contributed by atoms with van der Waals surface area (Å²) in [6, 6.07) is -0.105. The molecule has 1 amide bonds. The maximum absolute atomic E-state index is 11.9. The summed E-state index contributed by atoms with van der Waals surface area (Å²) in [5.74, 6) is -0.224. The summed E-state index contributed by atoms with van der Waals surface area (Å²) in [6.45, 7) is 6.52. The van der Waals surface area contributed by atoms with Crippen LogP contribution in [-0.2, 0) is 9.59 Å². The molecule has 0 spiro atoms. The van der Waals surface area contributed by atoms with Gasteiger partial charge >= 0.3 is 5.97 Å². The van der Waals surface area contributed by atoms with Crippen LogP contribution in [-0.4, -0.2) is 47.6 Å². The molecule has 0 aromatic heterocycles. The molecule has 19 heavy (non-hydrogen) atoms. The lowest BCUT2D eigenvalue weighted by Crippen LogP contribution is -2.44. The zero-order valence-corrected chi connectivity index (χ0v) is 12.0. The summed E-state index contributed by atoms with van der Waals surface area (Å²) in [5.41, 5.74) is 0. The molecule has 1 aliphatic heterocycles. The van der Waals surface area contributed by atoms with Gasteiger partial charge in [0.15, 0.2) is 0 Å². The van der Waals surface area contributed by atoms with Crippen LogP contribution < -0.4 is 5.32 Å². The van der Waals surface area contributed by atoms with E-state index < -0.39 is 5.97 Å². The van der Waals surface area contributed by atoms with E-state index in [9.17, 15) is 9.59 Å². The quantitative estimate of drug-likeness (QED) is 0.655. The van der Waals surface area contributed by atoms with Gasteiger partial charge in [-0.25, -0.2) is 0 Å². The Morgan fingerprint density at radius 3 is 2.84 bits per heavy atom. The fourth-order valence-electron chi connectivity index (χ4n) is 2.48. The van der Waals surface area contributed by atoms with E-state index in [-0.39, 0.29) is 18.4 Å². The molecule has 0 bridgehead atoms. The van der Waals surface area contributed by atoms with Crippen molar-refractivity contribution in [1.29, 1.82) is 0 Å². The van der Waals surface area contributed by atoms with Gasteiger partial charge in [-0.2, -0.15) is 0 Å². The number of unbranched alkanes of at least 4 members (excludes halogenated alkanes) is 1. The van der Waals surface area contributed by atoms with Crippen molar-refractivity contribution in [1.82, 2.24) is 10.2 Å². The van der Waals surface area contributed by atoms with E-state index in [0.29, 0.717) is 5.92 Å². The zero-order valence-electron chi connectivity index (χ0n) is 12.0. The molecule has 1 rings (SSSR count). The number of carboxylic acid groups (broad SMARTS) is 1. The summed E-state index contributed by atoms with van der Waals surface area (Å²) < 4.78 is 0. The number of hydrogen-bond donors (Lipinski definition) is 2. The first-order valence-electron chi connectivity index (χ1n) is 7.28. The molecule has 2 atom stereocenters. The molecule has 110 valence electrons. The van der Waals surface area contributed by atoms with Crippen molar-refractivity contribution in [3.05, 3.63) is 0 Å². The molecule has 0 aliphatic carbocycles.